The van der Waals surface area contributed by atoms with Crippen LogP contribution in [0.15, 0.2) is 30.8 Å². The summed E-state index contributed by atoms with van der Waals surface area (Å²) in [6, 6.07) is 7.57. The minimum Gasteiger partial charge on any atom is -0.480 e. The van der Waals surface area contributed by atoms with Crippen molar-refractivity contribution in [1.82, 2.24) is 0 Å². The first kappa shape index (κ1) is 7.00. The molecule has 0 N–H and O–H groups in total. The molecule has 0 aliphatic heterocycles. The molecule has 1 aromatic rings. The van der Waals surface area contributed by atoms with Crippen LogP contribution in [-0.4, -0.2) is 6.61 Å². The van der Waals surface area contributed by atoms with Crippen LogP contribution in [0.3, 0.4) is 0 Å². The van der Waals surface area contributed by atoms with Gasteiger partial charge in [0, 0.05) is 5.56 Å². The Labute approximate surface area is 74.1 Å². The maximum absolute atomic E-state index is 6.61. The van der Waals surface area contributed by atoms with E-state index in [1.165, 1.54) is 0 Å². The maximum atomic E-state index is 6.61. The Morgan fingerprint density at radius 2 is 2.50 bits per heavy atom. The molecular formula is C11H10O. The van der Waals surface area contributed by atoms with Gasteiger partial charge in [0.25, 0.3) is 0 Å². The Bertz CT molecular complexity index is 347. The fraction of sp³-hybridized carbons (Fsp3) is 0.0909. The first-order valence-corrected chi connectivity index (χ1v) is 3.62. The molecule has 0 aromatic heterocycles. The molecule has 0 bridgehead atoms. The number of benzene rings is 1. The molecule has 0 radical (unpaired) electrons. The molecule has 0 fully saturated rings. The first-order chi connectivity index (χ1) is 6.38. The SMILES string of the molecule is [2H]C#CCOc1ccccc1C=C. The number of hydrogen-bond acceptors (Lipinski definition) is 1. The van der Waals surface area contributed by atoms with Crippen LogP contribution < -0.4 is 4.74 Å². The van der Waals surface area contributed by atoms with Gasteiger partial charge in [0.05, 0.1) is 0 Å². The number of hydrogen-bond donors (Lipinski definition) is 0. The van der Waals surface area contributed by atoms with Crippen molar-refractivity contribution in [2.75, 3.05) is 6.61 Å². The molecule has 0 amide bonds. The van der Waals surface area contributed by atoms with Gasteiger partial charge in [-0.1, -0.05) is 36.8 Å². The van der Waals surface area contributed by atoms with Gasteiger partial charge < -0.3 is 4.74 Å². The fourth-order valence-corrected chi connectivity index (χ4v) is 0.894. The first-order valence-electron chi connectivity index (χ1n) is 4.12. The third-order valence-corrected chi connectivity index (χ3v) is 1.44. The number of rotatable bonds is 3. The van der Waals surface area contributed by atoms with Gasteiger partial charge in [-0.05, 0) is 6.07 Å². The minimum absolute atomic E-state index is 0.244. The van der Waals surface area contributed by atoms with Crippen molar-refractivity contribution in [2.24, 2.45) is 0 Å². The third-order valence-electron chi connectivity index (χ3n) is 1.44. The Balaban J connectivity index is 2.73. The standard InChI is InChI=1S/C11H10O/c1-3-9-12-11-8-6-5-7-10(11)4-2/h1,4-8H,2,9H2/i1D. The molecule has 1 aromatic carbocycles. The second-order valence-corrected chi connectivity index (χ2v) is 2.21. The molecule has 0 aliphatic carbocycles. The van der Waals surface area contributed by atoms with Gasteiger partial charge in [-0.25, -0.2) is 0 Å². The molecule has 0 saturated heterocycles. The summed E-state index contributed by atoms with van der Waals surface area (Å²) in [4.78, 5) is 0. The molecule has 0 aliphatic rings. The van der Waals surface area contributed by atoms with E-state index >= 15 is 0 Å². The molecule has 0 saturated carbocycles. The second kappa shape index (κ2) is 4.25. The van der Waals surface area contributed by atoms with Crippen LogP contribution in [0.4, 0.5) is 0 Å². The molecule has 60 valence electrons. The highest BCUT2D eigenvalue weighted by atomic mass is 16.5. The van der Waals surface area contributed by atoms with Gasteiger partial charge in [0.2, 0.25) is 0 Å². The van der Waals surface area contributed by atoms with Gasteiger partial charge in [0.1, 0.15) is 13.7 Å². The van der Waals surface area contributed by atoms with Crippen LogP contribution in [0, 0.1) is 12.3 Å². The zero-order valence-electron chi connectivity index (χ0n) is 7.71. The van der Waals surface area contributed by atoms with E-state index in [-0.39, 0.29) is 6.61 Å². The molecule has 1 heteroatoms. The molecule has 1 nitrogen and oxygen atoms in total. The molecule has 0 spiro atoms. The summed E-state index contributed by atoms with van der Waals surface area (Å²) in [5.74, 6) is 3.26. The zero-order chi connectivity index (χ0) is 9.52. The van der Waals surface area contributed by atoms with E-state index in [0.717, 1.165) is 11.3 Å². The van der Waals surface area contributed by atoms with Crippen molar-refractivity contribution in [3.05, 3.63) is 36.4 Å². The van der Waals surface area contributed by atoms with Crippen LogP contribution in [0.5, 0.6) is 5.75 Å². The smallest absolute Gasteiger partial charge is 0.148 e. The second-order valence-electron chi connectivity index (χ2n) is 2.21. The zero-order valence-corrected chi connectivity index (χ0v) is 6.71. The van der Waals surface area contributed by atoms with Crippen LogP contribution in [0.25, 0.3) is 6.08 Å². The third kappa shape index (κ3) is 1.90. The summed E-state index contributed by atoms with van der Waals surface area (Å²) >= 11 is 0. The van der Waals surface area contributed by atoms with Crippen molar-refractivity contribution >= 4 is 6.08 Å². The van der Waals surface area contributed by atoms with Crippen molar-refractivity contribution in [2.45, 2.75) is 0 Å². The Morgan fingerprint density at radius 1 is 1.67 bits per heavy atom. The lowest BCUT2D eigenvalue weighted by Crippen LogP contribution is -1.94. The minimum atomic E-state index is 0.244. The molecule has 12 heavy (non-hydrogen) atoms. The number of terminal acetylenes is 1. The van der Waals surface area contributed by atoms with E-state index in [1.54, 1.807) is 6.08 Å². The van der Waals surface area contributed by atoms with E-state index in [0.29, 0.717) is 0 Å². The van der Waals surface area contributed by atoms with Gasteiger partial charge in [-0.15, -0.1) is 6.40 Å². The molecule has 0 heterocycles. The van der Waals surface area contributed by atoms with E-state index in [4.69, 9.17) is 6.11 Å². The molecular weight excluding hydrogens is 148 g/mol. The van der Waals surface area contributed by atoms with Crippen LogP contribution in [0.2, 0.25) is 0 Å². The van der Waals surface area contributed by atoms with E-state index in [1.807, 2.05) is 30.7 Å². The Hall–Kier alpha value is -1.68. The normalized spacial score (nSPS) is 9.17. The summed E-state index contributed by atoms with van der Waals surface area (Å²) in [5, 5.41) is 0. The maximum Gasteiger partial charge on any atom is 0.148 e. The average molecular weight is 159 g/mol. The van der Waals surface area contributed by atoms with Gasteiger partial charge in [0.15, 0.2) is 0 Å². The highest BCUT2D eigenvalue weighted by molar-refractivity contribution is 5.55. The summed E-state index contributed by atoms with van der Waals surface area (Å²) in [5.41, 5.74) is 0.939. The molecule has 0 unspecified atom stereocenters. The number of ether oxygens (including phenoxy) is 1. The van der Waals surface area contributed by atoms with E-state index in [2.05, 4.69) is 12.5 Å². The van der Waals surface area contributed by atoms with Crippen LogP contribution in [-0.2, 0) is 0 Å². The fourth-order valence-electron chi connectivity index (χ4n) is 0.894. The molecule has 1 rings (SSSR count). The van der Waals surface area contributed by atoms with Crippen molar-refractivity contribution in [1.29, 1.82) is 0 Å². The quantitative estimate of drug-likeness (QED) is 0.615. The average Bonchev–Trinajstić information content (AvgIpc) is 2.19. The largest absolute Gasteiger partial charge is 0.480 e. The lowest BCUT2D eigenvalue weighted by atomic mass is 10.2. The highest BCUT2D eigenvalue weighted by Gasteiger charge is 1.96. The summed E-state index contributed by atoms with van der Waals surface area (Å²) in [6.45, 7) is 3.91. The Morgan fingerprint density at radius 3 is 3.25 bits per heavy atom. The summed E-state index contributed by atoms with van der Waals surface area (Å²) < 4.78 is 11.9. The summed E-state index contributed by atoms with van der Waals surface area (Å²) in [6.07, 6.45) is 3.75. The topological polar surface area (TPSA) is 9.23 Å². The highest BCUT2D eigenvalue weighted by Crippen LogP contribution is 2.18. The predicted molar refractivity (Wildman–Crippen MR) is 50.9 cm³/mol. The van der Waals surface area contributed by atoms with Crippen molar-refractivity contribution < 1.29 is 6.11 Å². The number of para-hydroxylation sites is 1. The van der Waals surface area contributed by atoms with Crippen LogP contribution in [0.1, 0.15) is 6.93 Å². The predicted octanol–water partition coefficient (Wildman–Crippen LogP) is 2.34. The van der Waals surface area contributed by atoms with E-state index < -0.39 is 0 Å². The van der Waals surface area contributed by atoms with E-state index in [9.17, 15) is 0 Å². The lowest BCUT2D eigenvalue weighted by molar-refractivity contribution is 0.369. The Kier molecular flexibility index (Phi) is 2.48. The summed E-state index contributed by atoms with van der Waals surface area (Å²) in [7, 11) is 0. The van der Waals surface area contributed by atoms with Crippen molar-refractivity contribution in [3.63, 3.8) is 0 Å². The van der Waals surface area contributed by atoms with Gasteiger partial charge in [-0.2, -0.15) is 0 Å². The monoisotopic (exact) mass is 159 g/mol. The molecule has 0 atom stereocenters. The van der Waals surface area contributed by atoms with Gasteiger partial charge >= 0.3 is 0 Å². The van der Waals surface area contributed by atoms with Crippen LogP contribution >= 0.6 is 0 Å². The lowest BCUT2D eigenvalue weighted by Gasteiger charge is -2.04. The van der Waals surface area contributed by atoms with Gasteiger partial charge in [-0.3, -0.25) is 0 Å². The van der Waals surface area contributed by atoms with Crippen molar-refractivity contribution in [3.8, 4) is 18.1 Å².